The van der Waals surface area contributed by atoms with Crippen molar-refractivity contribution in [2.24, 2.45) is 5.92 Å². The van der Waals surface area contributed by atoms with Crippen molar-refractivity contribution in [3.63, 3.8) is 0 Å². The zero-order valence-electron chi connectivity index (χ0n) is 8.82. The van der Waals surface area contributed by atoms with Crippen molar-refractivity contribution in [1.82, 2.24) is 4.98 Å². The number of esters is 1. The van der Waals surface area contributed by atoms with Crippen LogP contribution in [0.15, 0.2) is 5.38 Å². The lowest BCUT2D eigenvalue weighted by Crippen LogP contribution is -2.05. The summed E-state index contributed by atoms with van der Waals surface area (Å²) in [5, 5.41) is 5.85. The number of carbonyl (C=O) groups excluding carboxylic acids is 1. The average molecular weight is 226 g/mol. The lowest BCUT2D eigenvalue weighted by Gasteiger charge is -1.98. The molecule has 0 aromatic carbocycles. The molecular formula is C10H14N2O2S. The molecule has 5 heteroatoms. The molecule has 1 aromatic heterocycles. The minimum Gasteiger partial charge on any atom is -0.464 e. The first-order chi connectivity index (χ1) is 7.24. The van der Waals surface area contributed by atoms with E-state index in [-0.39, 0.29) is 5.97 Å². The van der Waals surface area contributed by atoms with Crippen LogP contribution in [-0.4, -0.2) is 24.1 Å². The van der Waals surface area contributed by atoms with E-state index in [0.29, 0.717) is 11.7 Å². The summed E-state index contributed by atoms with van der Waals surface area (Å²) in [6, 6.07) is 0.548. The van der Waals surface area contributed by atoms with Crippen molar-refractivity contribution >= 4 is 22.4 Å². The lowest BCUT2D eigenvalue weighted by molar-refractivity contribution is 0.0595. The summed E-state index contributed by atoms with van der Waals surface area (Å²) in [5.41, 5.74) is 0.388. The smallest absolute Gasteiger partial charge is 0.357 e. The number of ether oxygens (including phenoxy) is 1. The molecule has 2 atom stereocenters. The summed E-state index contributed by atoms with van der Waals surface area (Å²) in [6.07, 6.45) is 2.41. The van der Waals surface area contributed by atoms with Gasteiger partial charge in [-0.25, -0.2) is 9.78 Å². The number of methoxy groups -OCH3 is 1. The molecule has 1 N–H and O–H groups in total. The highest BCUT2D eigenvalue weighted by atomic mass is 32.1. The van der Waals surface area contributed by atoms with Gasteiger partial charge in [0.1, 0.15) is 0 Å². The number of rotatable bonds is 4. The van der Waals surface area contributed by atoms with E-state index in [1.807, 2.05) is 0 Å². The van der Waals surface area contributed by atoms with Gasteiger partial charge in [-0.15, -0.1) is 11.3 Å². The molecule has 4 nitrogen and oxygen atoms in total. The lowest BCUT2D eigenvalue weighted by atomic mass is 10.3. The molecule has 2 rings (SSSR count). The van der Waals surface area contributed by atoms with E-state index < -0.39 is 0 Å². The quantitative estimate of drug-likeness (QED) is 0.799. The van der Waals surface area contributed by atoms with Gasteiger partial charge >= 0.3 is 5.97 Å². The molecule has 1 heterocycles. The molecule has 0 saturated heterocycles. The van der Waals surface area contributed by atoms with Crippen molar-refractivity contribution in [3.8, 4) is 0 Å². The van der Waals surface area contributed by atoms with E-state index in [1.54, 1.807) is 5.38 Å². The first-order valence-electron chi connectivity index (χ1n) is 5.05. The molecule has 0 aliphatic heterocycles. The zero-order chi connectivity index (χ0) is 10.8. The number of thiazole rings is 1. The van der Waals surface area contributed by atoms with Gasteiger partial charge in [0.15, 0.2) is 10.8 Å². The monoisotopic (exact) mass is 226 g/mol. The maximum Gasteiger partial charge on any atom is 0.357 e. The second-order valence-electron chi connectivity index (χ2n) is 3.68. The van der Waals surface area contributed by atoms with Crippen LogP contribution in [0.1, 0.15) is 30.3 Å². The summed E-state index contributed by atoms with van der Waals surface area (Å²) in [4.78, 5) is 15.3. The van der Waals surface area contributed by atoms with Crippen molar-refractivity contribution in [2.45, 2.75) is 25.8 Å². The Morgan fingerprint density at radius 2 is 2.60 bits per heavy atom. The molecule has 1 fully saturated rings. The molecule has 1 aliphatic rings. The molecule has 2 unspecified atom stereocenters. The van der Waals surface area contributed by atoms with Gasteiger partial charge in [-0.05, 0) is 12.3 Å². The van der Waals surface area contributed by atoms with Crippen molar-refractivity contribution in [2.75, 3.05) is 12.4 Å². The van der Waals surface area contributed by atoms with Crippen LogP contribution in [0.4, 0.5) is 5.13 Å². The van der Waals surface area contributed by atoms with E-state index in [1.165, 1.54) is 31.3 Å². The highest BCUT2D eigenvalue weighted by molar-refractivity contribution is 7.13. The molecule has 0 amide bonds. The number of anilines is 1. The summed E-state index contributed by atoms with van der Waals surface area (Å²) in [5.74, 6) is 0.401. The molecule has 0 bridgehead atoms. The number of carbonyl (C=O) groups is 1. The molecule has 15 heavy (non-hydrogen) atoms. The minimum absolute atomic E-state index is 0.373. The summed E-state index contributed by atoms with van der Waals surface area (Å²) in [7, 11) is 1.36. The SMILES string of the molecule is CCC1CC1Nc1nc(C(=O)OC)cs1. The summed E-state index contributed by atoms with van der Waals surface area (Å²) in [6.45, 7) is 2.19. The van der Waals surface area contributed by atoms with Gasteiger partial charge in [0.05, 0.1) is 7.11 Å². The molecule has 0 radical (unpaired) electrons. The van der Waals surface area contributed by atoms with Gasteiger partial charge in [-0.2, -0.15) is 0 Å². The van der Waals surface area contributed by atoms with Gasteiger partial charge < -0.3 is 10.1 Å². The van der Waals surface area contributed by atoms with Crippen molar-refractivity contribution in [3.05, 3.63) is 11.1 Å². The molecule has 1 aromatic rings. The van der Waals surface area contributed by atoms with E-state index >= 15 is 0 Å². The summed E-state index contributed by atoms with van der Waals surface area (Å²) < 4.78 is 4.59. The molecule has 82 valence electrons. The third kappa shape index (κ3) is 2.28. The van der Waals surface area contributed by atoms with Gasteiger partial charge in [0.25, 0.3) is 0 Å². The predicted octanol–water partition coefficient (Wildman–Crippen LogP) is 2.14. The first-order valence-corrected chi connectivity index (χ1v) is 5.93. The Morgan fingerprint density at radius 1 is 1.80 bits per heavy atom. The Kier molecular flexibility index (Phi) is 2.90. The number of aromatic nitrogens is 1. The Morgan fingerprint density at radius 3 is 3.20 bits per heavy atom. The number of nitrogens with one attached hydrogen (secondary N) is 1. The maximum atomic E-state index is 11.1. The van der Waals surface area contributed by atoms with E-state index in [9.17, 15) is 4.79 Å². The Labute approximate surface area is 92.7 Å². The van der Waals surface area contributed by atoms with Crippen LogP contribution < -0.4 is 5.32 Å². The maximum absolute atomic E-state index is 11.1. The topological polar surface area (TPSA) is 51.2 Å². The second kappa shape index (κ2) is 4.18. The molecule has 0 spiro atoms. The highest BCUT2D eigenvalue weighted by Gasteiger charge is 2.35. The van der Waals surface area contributed by atoms with Gasteiger partial charge in [0, 0.05) is 11.4 Å². The van der Waals surface area contributed by atoms with Gasteiger partial charge in [0.2, 0.25) is 0 Å². The third-order valence-electron chi connectivity index (χ3n) is 2.65. The van der Waals surface area contributed by atoms with Crippen molar-refractivity contribution in [1.29, 1.82) is 0 Å². The fourth-order valence-electron chi connectivity index (χ4n) is 1.57. The third-order valence-corrected chi connectivity index (χ3v) is 3.43. The minimum atomic E-state index is -0.373. The van der Waals surface area contributed by atoms with Crippen LogP contribution in [0.2, 0.25) is 0 Å². The van der Waals surface area contributed by atoms with Crippen LogP contribution in [0.5, 0.6) is 0 Å². The fraction of sp³-hybridized carbons (Fsp3) is 0.600. The van der Waals surface area contributed by atoms with Crippen LogP contribution in [0, 0.1) is 5.92 Å². The Balaban J connectivity index is 1.93. The molecule has 1 aliphatic carbocycles. The van der Waals surface area contributed by atoms with E-state index in [4.69, 9.17) is 0 Å². The van der Waals surface area contributed by atoms with Crippen molar-refractivity contribution < 1.29 is 9.53 Å². The van der Waals surface area contributed by atoms with Crippen LogP contribution in [0.3, 0.4) is 0 Å². The zero-order valence-corrected chi connectivity index (χ0v) is 9.63. The largest absolute Gasteiger partial charge is 0.464 e. The van der Waals surface area contributed by atoms with Crippen LogP contribution in [0.25, 0.3) is 0 Å². The van der Waals surface area contributed by atoms with Gasteiger partial charge in [-0.3, -0.25) is 0 Å². The Hall–Kier alpha value is -1.10. The highest BCUT2D eigenvalue weighted by Crippen LogP contribution is 2.36. The van der Waals surface area contributed by atoms with E-state index in [2.05, 4.69) is 22.0 Å². The normalized spacial score (nSPS) is 23.6. The van der Waals surface area contributed by atoms with Crippen LogP contribution in [-0.2, 0) is 4.74 Å². The standard InChI is InChI=1S/C10H14N2O2S/c1-3-6-4-7(6)11-10-12-8(5-15-10)9(13)14-2/h5-7H,3-4H2,1-2H3,(H,11,12). The molecule has 1 saturated carbocycles. The second-order valence-corrected chi connectivity index (χ2v) is 4.54. The number of nitrogens with zero attached hydrogens (tertiary/aromatic N) is 1. The number of hydrogen-bond donors (Lipinski definition) is 1. The van der Waals surface area contributed by atoms with E-state index in [0.717, 1.165) is 11.0 Å². The molecular weight excluding hydrogens is 212 g/mol. The number of hydrogen-bond acceptors (Lipinski definition) is 5. The first kappa shape index (κ1) is 10.4. The Bertz CT molecular complexity index is 364. The predicted molar refractivity (Wildman–Crippen MR) is 59.3 cm³/mol. The van der Waals surface area contributed by atoms with Crippen LogP contribution >= 0.6 is 11.3 Å². The fourth-order valence-corrected chi connectivity index (χ4v) is 2.32. The van der Waals surface area contributed by atoms with Gasteiger partial charge in [-0.1, -0.05) is 13.3 Å². The summed E-state index contributed by atoms with van der Waals surface area (Å²) >= 11 is 1.45. The average Bonchev–Trinajstić information content (AvgIpc) is 2.83.